The van der Waals surface area contributed by atoms with E-state index >= 15 is 0 Å². The maximum atomic E-state index is 9.14. The summed E-state index contributed by atoms with van der Waals surface area (Å²) in [5.74, 6) is 1.23. The van der Waals surface area contributed by atoms with Crippen molar-refractivity contribution in [2.24, 2.45) is 0 Å². The summed E-state index contributed by atoms with van der Waals surface area (Å²) < 4.78 is 6.68. The molecular weight excluding hydrogens is 292 g/mol. The van der Waals surface area contributed by atoms with Crippen molar-refractivity contribution in [1.29, 1.82) is 5.26 Å². The zero-order chi connectivity index (χ0) is 13.1. The second-order valence-electron chi connectivity index (χ2n) is 3.89. The summed E-state index contributed by atoms with van der Waals surface area (Å²) >= 11 is 3.38. The van der Waals surface area contributed by atoms with Gasteiger partial charge in [-0.2, -0.15) is 5.26 Å². The molecule has 3 nitrogen and oxygen atoms in total. The largest absolute Gasteiger partial charge is 0.456 e. The first-order valence-electron chi connectivity index (χ1n) is 5.42. The molecule has 0 spiro atoms. The molecule has 1 aromatic carbocycles. The number of nitriles is 1. The highest BCUT2D eigenvalue weighted by Gasteiger charge is 2.10. The highest BCUT2D eigenvalue weighted by Crippen LogP contribution is 2.28. The molecule has 1 heterocycles. The van der Waals surface area contributed by atoms with Crippen LogP contribution >= 0.6 is 15.9 Å². The van der Waals surface area contributed by atoms with E-state index in [1.807, 2.05) is 31.2 Å². The van der Waals surface area contributed by atoms with Crippen LogP contribution in [0.4, 0.5) is 0 Å². The monoisotopic (exact) mass is 302 g/mol. The van der Waals surface area contributed by atoms with Crippen molar-refractivity contribution in [3.05, 3.63) is 51.8 Å². The first-order valence-corrected chi connectivity index (χ1v) is 6.21. The van der Waals surface area contributed by atoms with Crippen LogP contribution in [-0.4, -0.2) is 4.98 Å². The minimum Gasteiger partial charge on any atom is -0.456 e. The van der Waals surface area contributed by atoms with Gasteiger partial charge in [-0.05, 0) is 32.0 Å². The Labute approximate surface area is 114 Å². The fourth-order valence-electron chi connectivity index (χ4n) is 1.67. The zero-order valence-corrected chi connectivity index (χ0v) is 11.7. The third kappa shape index (κ3) is 2.69. The van der Waals surface area contributed by atoms with Gasteiger partial charge in [0, 0.05) is 16.2 Å². The van der Waals surface area contributed by atoms with Crippen molar-refractivity contribution in [3.63, 3.8) is 0 Å². The van der Waals surface area contributed by atoms with Crippen LogP contribution in [0, 0.1) is 25.2 Å². The lowest BCUT2D eigenvalue weighted by molar-refractivity contribution is 0.478. The molecule has 0 saturated carbocycles. The number of ether oxygens (including phenoxy) is 1. The van der Waals surface area contributed by atoms with Crippen molar-refractivity contribution in [3.8, 4) is 17.6 Å². The van der Waals surface area contributed by atoms with Gasteiger partial charge in [0.2, 0.25) is 0 Å². The smallest absolute Gasteiger partial charge is 0.148 e. The minimum atomic E-state index is 0.473. The van der Waals surface area contributed by atoms with Crippen LogP contribution in [0.25, 0.3) is 0 Å². The Bertz CT molecular complexity index is 632. The second-order valence-corrected chi connectivity index (χ2v) is 4.81. The van der Waals surface area contributed by atoms with Gasteiger partial charge >= 0.3 is 0 Å². The Morgan fingerprint density at radius 3 is 2.72 bits per heavy atom. The van der Waals surface area contributed by atoms with Gasteiger partial charge in [0.05, 0.1) is 5.69 Å². The van der Waals surface area contributed by atoms with Gasteiger partial charge in [0.25, 0.3) is 0 Å². The SMILES string of the molecule is Cc1cc(Oc2cccc(Br)c2)c(C#N)c(C)n1. The zero-order valence-electron chi connectivity index (χ0n) is 10.1. The first-order chi connectivity index (χ1) is 8.60. The van der Waals surface area contributed by atoms with Gasteiger partial charge in [-0.3, -0.25) is 4.98 Å². The van der Waals surface area contributed by atoms with Crippen LogP contribution in [-0.2, 0) is 0 Å². The van der Waals surface area contributed by atoms with Crippen molar-refractivity contribution < 1.29 is 4.74 Å². The summed E-state index contributed by atoms with van der Waals surface area (Å²) in [6.07, 6.45) is 0. The molecule has 90 valence electrons. The van der Waals surface area contributed by atoms with Gasteiger partial charge in [0.15, 0.2) is 0 Å². The topological polar surface area (TPSA) is 45.9 Å². The van der Waals surface area contributed by atoms with E-state index in [0.717, 1.165) is 10.2 Å². The van der Waals surface area contributed by atoms with E-state index in [2.05, 4.69) is 27.0 Å². The maximum Gasteiger partial charge on any atom is 0.148 e. The lowest BCUT2D eigenvalue weighted by Gasteiger charge is -2.10. The predicted octanol–water partition coefficient (Wildman–Crippen LogP) is 4.12. The third-order valence-electron chi connectivity index (χ3n) is 2.43. The number of aromatic nitrogens is 1. The number of pyridine rings is 1. The van der Waals surface area contributed by atoms with Gasteiger partial charge in [-0.1, -0.05) is 22.0 Å². The Morgan fingerprint density at radius 2 is 2.06 bits per heavy atom. The van der Waals surface area contributed by atoms with E-state index in [1.165, 1.54) is 0 Å². The first kappa shape index (κ1) is 12.6. The molecule has 2 aromatic rings. The summed E-state index contributed by atoms with van der Waals surface area (Å²) in [5.41, 5.74) is 1.99. The molecule has 0 unspecified atom stereocenters. The van der Waals surface area contributed by atoms with Crippen LogP contribution in [0.15, 0.2) is 34.8 Å². The lowest BCUT2D eigenvalue weighted by Crippen LogP contribution is -1.96. The summed E-state index contributed by atoms with van der Waals surface area (Å²) in [4.78, 5) is 4.25. The Morgan fingerprint density at radius 1 is 1.28 bits per heavy atom. The average molecular weight is 303 g/mol. The number of rotatable bonds is 2. The van der Waals surface area contributed by atoms with Crippen molar-refractivity contribution in [2.75, 3.05) is 0 Å². The van der Waals surface area contributed by atoms with Gasteiger partial charge < -0.3 is 4.74 Å². The Kier molecular flexibility index (Phi) is 3.63. The van der Waals surface area contributed by atoms with Crippen LogP contribution < -0.4 is 4.74 Å². The lowest BCUT2D eigenvalue weighted by atomic mass is 10.2. The molecular formula is C14H11BrN2O. The van der Waals surface area contributed by atoms with Gasteiger partial charge in [-0.25, -0.2) is 0 Å². The van der Waals surface area contributed by atoms with E-state index in [0.29, 0.717) is 22.8 Å². The third-order valence-corrected chi connectivity index (χ3v) is 2.92. The Balaban J connectivity index is 2.43. The molecule has 0 aliphatic carbocycles. The number of hydrogen-bond donors (Lipinski definition) is 0. The number of halogens is 1. The number of hydrogen-bond acceptors (Lipinski definition) is 3. The van der Waals surface area contributed by atoms with E-state index in [9.17, 15) is 0 Å². The van der Waals surface area contributed by atoms with E-state index in [-0.39, 0.29) is 0 Å². The number of aryl methyl sites for hydroxylation is 2. The standard InChI is InChI=1S/C14H11BrN2O/c1-9-6-14(13(8-16)10(2)17-9)18-12-5-3-4-11(15)7-12/h3-7H,1-2H3. The summed E-state index contributed by atoms with van der Waals surface area (Å²) in [6, 6.07) is 11.4. The van der Waals surface area contributed by atoms with Crippen LogP contribution in [0.5, 0.6) is 11.5 Å². The molecule has 4 heteroatoms. The fourth-order valence-corrected chi connectivity index (χ4v) is 2.05. The molecule has 0 fully saturated rings. The minimum absolute atomic E-state index is 0.473. The highest BCUT2D eigenvalue weighted by atomic mass is 79.9. The number of benzene rings is 1. The van der Waals surface area contributed by atoms with Gasteiger partial charge in [0.1, 0.15) is 23.1 Å². The van der Waals surface area contributed by atoms with E-state index < -0.39 is 0 Å². The normalized spacial score (nSPS) is 9.89. The van der Waals surface area contributed by atoms with Gasteiger partial charge in [-0.15, -0.1) is 0 Å². The van der Waals surface area contributed by atoms with Crippen LogP contribution in [0.2, 0.25) is 0 Å². The molecule has 0 saturated heterocycles. The molecule has 0 radical (unpaired) electrons. The quantitative estimate of drug-likeness (QED) is 0.838. The summed E-state index contributed by atoms with van der Waals surface area (Å²) in [7, 11) is 0. The number of nitrogens with zero attached hydrogens (tertiary/aromatic N) is 2. The molecule has 18 heavy (non-hydrogen) atoms. The highest BCUT2D eigenvalue weighted by molar-refractivity contribution is 9.10. The van der Waals surface area contributed by atoms with Crippen molar-refractivity contribution >= 4 is 15.9 Å². The maximum absolute atomic E-state index is 9.14. The Hall–Kier alpha value is -1.86. The summed E-state index contributed by atoms with van der Waals surface area (Å²) in [5, 5.41) is 9.14. The molecule has 0 aliphatic heterocycles. The van der Waals surface area contributed by atoms with E-state index in [1.54, 1.807) is 13.0 Å². The molecule has 0 atom stereocenters. The molecule has 0 amide bonds. The van der Waals surface area contributed by atoms with Crippen molar-refractivity contribution in [2.45, 2.75) is 13.8 Å². The van der Waals surface area contributed by atoms with E-state index in [4.69, 9.17) is 10.00 Å². The fraction of sp³-hybridized carbons (Fsp3) is 0.143. The van der Waals surface area contributed by atoms with Crippen LogP contribution in [0.1, 0.15) is 17.0 Å². The predicted molar refractivity (Wildman–Crippen MR) is 72.6 cm³/mol. The molecule has 0 bridgehead atoms. The molecule has 2 rings (SSSR count). The molecule has 0 N–H and O–H groups in total. The average Bonchev–Trinajstić information content (AvgIpc) is 2.28. The summed E-state index contributed by atoms with van der Waals surface area (Å²) in [6.45, 7) is 3.68. The van der Waals surface area contributed by atoms with Crippen molar-refractivity contribution in [1.82, 2.24) is 4.98 Å². The van der Waals surface area contributed by atoms with Crippen LogP contribution in [0.3, 0.4) is 0 Å². The molecule has 1 aromatic heterocycles. The molecule has 0 aliphatic rings. The second kappa shape index (κ2) is 5.19.